The van der Waals surface area contributed by atoms with Crippen molar-refractivity contribution in [3.63, 3.8) is 0 Å². The summed E-state index contributed by atoms with van der Waals surface area (Å²) in [7, 11) is 2.18. The fraction of sp³-hybridized carbons (Fsp3) is 0.316. The Morgan fingerprint density at radius 3 is 2.54 bits per heavy atom. The first-order valence-corrected chi connectivity index (χ1v) is 8.34. The maximum absolute atomic E-state index is 5.88. The summed E-state index contributed by atoms with van der Waals surface area (Å²) < 4.78 is 5.88. The van der Waals surface area contributed by atoms with Crippen molar-refractivity contribution in [3.05, 3.63) is 48.0 Å². The molecule has 0 unspecified atom stereocenters. The molecule has 0 spiro atoms. The van der Waals surface area contributed by atoms with E-state index in [0.29, 0.717) is 5.89 Å². The first-order valence-electron chi connectivity index (χ1n) is 8.34. The van der Waals surface area contributed by atoms with Crippen LogP contribution in [0, 0.1) is 0 Å². The maximum atomic E-state index is 5.88. The SMILES string of the molecule is CN1CCN(Cc2ccc3oc(-c4ccc(N)cc4)nc3c2)CC1. The normalized spacial score (nSPS) is 16.7. The van der Waals surface area contributed by atoms with Crippen LogP contribution in [0.3, 0.4) is 0 Å². The zero-order valence-corrected chi connectivity index (χ0v) is 13.9. The summed E-state index contributed by atoms with van der Waals surface area (Å²) in [5.41, 5.74) is 10.4. The second kappa shape index (κ2) is 6.26. The van der Waals surface area contributed by atoms with E-state index in [1.165, 1.54) is 5.56 Å². The van der Waals surface area contributed by atoms with Gasteiger partial charge in [0.15, 0.2) is 5.58 Å². The minimum Gasteiger partial charge on any atom is -0.436 e. The third-order valence-corrected chi connectivity index (χ3v) is 4.61. The number of rotatable bonds is 3. The number of hydrogen-bond acceptors (Lipinski definition) is 5. The van der Waals surface area contributed by atoms with Gasteiger partial charge in [0.25, 0.3) is 0 Å². The molecule has 0 amide bonds. The number of nitrogens with zero attached hydrogens (tertiary/aromatic N) is 3. The van der Waals surface area contributed by atoms with Gasteiger partial charge in [-0.05, 0) is 49.0 Å². The van der Waals surface area contributed by atoms with E-state index in [9.17, 15) is 0 Å². The molecule has 5 nitrogen and oxygen atoms in total. The van der Waals surface area contributed by atoms with E-state index in [4.69, 9.17) is 10.2 Å². The number of piperazine rings is 1. The predicted molar refractivity (Wildman–Crippen MR) is 96.6 cm³/mol. The van der Waals surface area contributed by atoms with Gasteiger partial charge in [0.05, 0.1) is 0 Å². The Morgan fingerprint density at radius 2 is 1.79 bits per heavy atom. The molecule has 3 aromatic rings. The molecule has 1 aliphatic rings. The first kappa shape index (κ1) is 15.2. The molecule has 24 heavy (non-hydrogen) atoms. The highest BCUT2D eigenvalue weighted by Gasteiger charge is 2.15. The van der Waals surface area contributed by atoms with Gasteiger partial charge in [0.2, 0.25) is 5.89 Å². The van der Waals surface area contributed by atoms with Crippen LogP contribution >= 0.6 is 0 Å². The quantitative estimate of drug-likeness (QED) is 0.752. The Labute approximate surface area is 141 Å². The molecule has 2 aromatic carbocycles. The average molecular weight is 322 g/mol. The Balaban J connectivity index is 1.56. The molecule has 0 saturated carbocycles. The number of oxazole rings is 1. The Bertz CT molecular complexity index is 832. The molecule has 1 aliphatic heterocycles. The summed E-state index contributed by atoms with van der Waals surface area (Å²) >= 11 is 0. The number of hydrogen-bond donors (Lipinski definition) is 1. The zero-order valence-electron chi connectivity index (χ0n) is 13.9. The van der Waals surface area contributed by atoms with Crippen molar-refractivity contribution in [1.82, 2.24) is 14.8 Å². The van der Waals surface area contributed by atoms with E-state index in [-0.39, 0.29) is 0 Å². The Morgan fingerprint density at radius 1 is 1.04 bits per heavy atom. The van der Waals surface area contributed by atoms with Crippen molar-refractivity contribution in [3.8, 4) is 11.5 Å². The number of nitrogens with two attached hydrogens (primary N) is 1. The zero-order chi connectivity index (χ0) is 16.5. The molecule has 1 saturated heterocycles. The highest BCUT2D eigenvalue weighted by molar-refractivity contribution is 5.77. The van der Waals surface area contributed by atoms with Crippen LogP contribution in [0.15, 0.2) is 46.9 Å². The second-order valence-electron chi connectivity index (χ2n) is 6.52. The highest BCUT2D eigenvalue weighted by Crippen LogP contribution is 2.26. The van der Waals surface area contributed by atoms with Gasteiger partial charge in [0.1, 0.15) is 5.52 Å². The molecule has 4 rings (SSSR count). The lowest BCUT2D eigenvalue weighted by atomic mass is 10.2. The maximum Gasteiger partial charge on any atom is 0.227 e. The second-order valence-corrected chi connectivity index (χ2v) is 6.52. The lowest BCUT2D eigenvalue weighted by Crippen LogP contribution is -2.43. The van der Waals surface area contributed by atoms with Crippen LogP contribution in [-0.4, -0.2) is 48.0 Å². The summed E-state index contributed by atoms with van der Waals surface area (Å²) in [5.74, 6) is 0.641. The van der Waals surface area contributed by atoms with E-state index in [1.54, 1.807) is 0 Å². The lowest BCUT2D eigenvalue weighted by Gasteiger charge is -2.32. The number of fused-ring (bicyclic) bond motifs is 1. The third-order valence-electron chi connectivity index (χ3n) is 4.61. The number of anilines is 1. The molecular weight excluding hydrogens is 300 g/mol. The van der Waals surface area contributed by atoms with Gasteiger partial charge < -0.3 is 15.1 Å². The van der Waals surface area contributed by atoms with Crippen molar-refractivity contribution >= 4 is 16.8 Å². The van der Waals surface area contributed by atoms with Gasteiger partial charge in [-0.2, -0.15) is 0 Å². The fourth-order valence-electron chi connectivity index (χ4n) is 3.08. The van der Waals surface area contributed by atoms with E-state index < -0.39 is 0 Å². The standard InChI is InChI=1S/C19H22N4O/c1-22-8-10-23(11-9-22)13-14-2-7-18-17(12-14)21-19(24-18)15-3-5-16(20)6-4-15/h2-7,12H,8-11,13,20H2,1H3. The minimum atomic E-state index is 0.641. The smallest absolute Gasteiger partial charge is 0.227 e. The molecule has 5 heteroatoms. The van der Waals surface area contributed by atoms with Gasteiger partial charge in [-0.25, -0.2) is 4.98 Å². The Kier molecular flexibility index (Phi) is 3.96. The van der Waals surface area contributed by atoms with Gasteiger partial charge in [-0.15, -0.1) is 0 Å². The lowest BCUT2D eigenvalue weighted by molar-refractivity contribution is 0.148. The van der Waals surface area contributed by atoms with Crippen molar-refractivity contribution in [2.24, 2.45) is 0 Å². The number of benzene rings is 2. The minimum absolute atomic E-state index is 0.641. The molecule has 0 aliphatic carbocycles. The van der Waals surface area contributed by atoms with E-state index in [1.807, 2.05) is 30.3 Å². The summed E-state index contributed by atoms with van der Waals surface area (Å²) in [6.45, 7) is 5.46. The van der Waals surface area contributed by atoms with Crippen LogP contribution in [-0.2, 0) is 6.54 Å². The predicted octanol–water partition coefficient (Wildman–Crippen LogP) is 2.82. The van der Waals surface area contributed by atoms with Crippen molar-refractivity contribution in [2.75, 3.05) is 39.0 Å². The van der Waals surface area contributed by atoms with Gasteiger partial charge in [-0.1, -0.05) is 6.07 Å². The molecule has 0 radical (unpaired) electrons. The molecule has 1 aromatic heterocycles. The molecule has 2 heterocycles. The van der Waals surface area contributed by atoms with E-state index in [2.05, 4.69) is 34.0 Å². The topological polar surface area (TPSA) is 58.5 Å². The third kappa shape index (κ3) is 3.13. The van der Waals surface area contributed by atoms with Gasteiger partial charge >= 0.3 is 0 Å². The monoisotopic (exact) mass is 322 g/mol. The first-order chi connectivity index (χ1) is 11.7. The molecule has 124 valence electrons. The summed E-state index contributed by atoms with van der Waals surface area (Å²) in [5, 5.41) is 0. The number of nitrogen functional groups attached to an aromatic ring is 1. The summed E-state index contributed by atoms with van der Waals surface area (Å²) in [4.78, 5) is 9.50. The highest BCUT2D eigenvalue weighted by atomic mass is 16.3. The van der Waals surface area contributed by atoms with Crippen LogP contribution in [0.1, 0.15) is 5.56 Å². The average Bonchev–Trinajstić information content (AvgIpc) is 3.01. The van der Waals surface area contributed by atoms with E-state index >= 15 is 0 Å². The van der Waals surface area contributed by atoms with Crippen molar-refractivity contribution in [2.45, 2.75) is 6.54 Å². The van der Waals surface area contributed by atoms with Crippen LogP contribution in [0.25, 0.3) is 22.6 Å². The Hall–Kier alpha value is -2.37. The molecule has 0 bridgehead atoms. The summed E-state index contributed by atoms with van der Waals surface area (Å²) in [6, 6.07) is 13.9. The molecule has 2 N–H and O–H groups in total. The molecule has 1 fully saturated rings. The van der Waals surface area contributed by atoms with Crippen LogP contribution in [0.2, 0.25) is 0 Å². The van der Waals surface area contributed by atoms with Crippen LogP contribution < -0.4 is 5.73 Å². The fourth-order valence-corrected chi connectivity index (χ4v) is 3.08. The van der Waals surface area contributed by atoms with Crippen LogP contribution in [0.4, 0.5) is 5.69 Å². The van der Waals surface area contributed by atoms with Crippen LogP contribution in [0.5, 0.6) is 0 Å². The van der Waals surface area contributed by atoms with Crippen molar-refractivity contribution < 1.29 is 4.42 Å². The van der Waals surface area contributed by atoms with Gasteiger partial charge in [0, 0.05) is 44.0 Å². The number of likely N-dealkylation sites (N-methyl/N-ethyl adjacent to an activating group) is 1. The van der Waals surface area contributed by atoms with Gasteiger partial charge in [-0.3, -0.25) is 4.90 Å². The summed E-state index contributed by atoms with van der Waals surface area (Å²) in [6.07, 6.45) is 0. The molecular formula is C19H22N4O. The van der Waals surface area contributed by atoms with Crippen molar-refractivity contribution in [1.29, 1.82) is 0 Å². The van der Waals surface area contributed by atoms with E-state index in [0.717, 1.165) is 55.1 Å². The largest absolute Gasteiger partial charge is 0.436 e. The number of aromatic nitrogens is 1. The molecule has 0 atom stereocenters.